The minimum atomic E-state index is -3.19. The lowest BCUT2D eigenvalue weighted by Crippen LogP contribution is -2.41. The van der Waals surface area contributed by atoms with Gasteiger partial charge in [0.15, 0.2) is 9.84 Å². The number of ether oxygens (including phenoxy) is 1. The molecule has 1 unspecified atom stereocenters. The highest BCUT2D eigenvalue weighted by Gasteiger charge is 2.42. The number of rotatable bonds is 6. The molecule has 35 heavy (non-hydrogen) atoms. The maximum atomic E-state index is 13.4. The zero-order chi connectivity index (χ0) is 25.3. The highest BCUT2D eigenvalue weighted by Crippen LogP contribution is 2.38. The van der Waals surface area contributed by atoms with Gasteiger partial charge >= 0.3 is 0 Å². The van der Waals surface area contributed by atoms with Gasteiger partial charge in [-0.05, 0) is 31.4 Å². The Balaban J connectivity index is 1.84. The molecule has 1 amide bonds. The number of amides is 1. The summed E-state index contributed by atoms with van der Waals surface area (Å²) >= 11 is 6.59. The van der Waals surface area contributed by atoms with Gasteiger partial charge < -0.3 is 9.64 Å². The number of thiocarbonyl (C=S) groups is 1. The summed E-state index contributed by atoms with van der Waals surface area (Å²) in [4.78, 5) is 30.5. The largest absolute Gasteiger partial charge is 0.378 e. The van der Waals surface area contributed by atoms with E-state index in [9.17, 15) is 23.3 Å². The van der Waals surface area contributed by atoms with E-state index in [1.54, 1.807) is 17.6 Å². The Morgan fingerprint density at radius 1 is 1.29 bits per heavy atom. The average molecular weight is 537 g/mol. The van der Waals surface area contributed by atoms with E-state index in [1.165, 1.54) is 4.90 Å². The first-order chi connectivity index (χ1) is 16.7. The number of nitriles is 1. The fourth-order valence-electron chi connectivity index (χ4n) is 4.69. The second-order valence-electron chi connectivity index (χ2n) is 8.87. The molecule has 0 radical (unpaired) electrons. The van der Waals surface area contributed by atoms with Gasteiger partial charge in [-0.2, -0.15) is 5.26 Å². The second kappa shape index (κ2) is 10.4. The monoisotopic (exact) mass is 536 g/mol. The molecule has 0 spiro atoms. The fourth-order valence-corrected chi connectivity index (χ4v) is 7.77. The number of anilines is 1. The molecule has 0 aromatic carbocycles. The lowest BCUT2D eigenvalue weighted by Gasteiger charge is -2.33. The number of carbonyl (C=O) groups excluding carboxylic acids is 1. The van der Waals surface area contributed by atoms with Gasteiger partial charge in [0.2, 0.25) is 0 Å². The fraction of sp³-hybridized carbons (Fsp3) is 0.565. The number of carbonyl (C=O) groups is 1. The lowest BCUT2D eigenvalue weighted by atomic mass is 10.0. The number of sulfone groups is 1. The van der Waals surface area contributed by atoms with Gasteiger partial charge in [-0.15, -0.1) is 0 Å². The number of pyridine rings is 1. The number of unbranched alkanes of at least 4 members (excludes halogenated alkanes) is 1. The second-order valence-corrected chi connectivity index (χ2v) is 12.8. The van der Waals surface area contributed by atoms with Crippen molar-refractivity contribution in [3.63, 3.8) is 0 Å². The molecule has 0 bridgehead atoms. The molecule has 4 heterocycles. The highest BCUT2D eigenvalue weighted by molar-refractivity contribution is 8.26. The van der Waals surface area contributed by atoms with E-state index in [2.05, 4.69) is 11.0 Å². The van der Waals surface area contributed by atoms with E-state index in [4.69, 9.17) is 17.0 Å². The van der Waals surface area contributed by atoms with Gasteiger partial charge in [-0.25, -0.2) is 8.42 Å². The van der Waals surface area contributed by atoms with Crippen molar-refractivity contribution in [2.45, 2.75) is 45.7 Å². The molecule has 0 N–H and O–H groups in total. The van der Waals surface area contributed by atoms with Gasteiger partial charge in [0.25, 0.3) is 11.5 Å². The van der Waals surface area contributed by atoms with E-state index in [1.807, 2.05) is 6.92 Å². The first-order valence-electron chi connectivity index (χ1n) is 11.7. The van der Waals surface area contributed by atoms with Crippen LogP contribution in [0.4, 0.5) is 5.82 Å². The van der Waals surface area contributed by atoms with Crippen molar-refractivity contribution < 1.29 is 17.9 Å². The number of aromatic nitrogens is 1. The van der Waals surface area contributed by atoms with E-state index in [0.717, 1.165) is 24.6 Å². The topological polar surface area (TPSA) is 113 Å². The molecule has 9 nitrogen and oxygen atoms in total. The van der Waals surface area contributed by atoms with Crippen LogP contribution in [0.5, 0.6) is 0 Å². The summed E-state index contributed by atoms with van der Waals surface area (Å²) in [5.41, 5.74) is 0.877. The summed E-state index contributed by atoms with van der Waals surface area (Å²) in [6.45, 7) is 6.41. The van der Waals surface area contributed by atoms with Crippen LogP contribution in [0.3, 0.4) is 0 Å². The molecular weight excluding hydrogens is 508 g/mol. The molecule has 1 aromatic rings. The van der Waals surface area contributed by atoms with Crippen LogP contribution in [0.15, 0.2) is 9.70 Å². The van der Waals surface area contributed by atoms with Gasteiger partial charge in [-0.3, -0.25) is 19.1 Å². The molecule has 3 aliphatic heterocycles. The van der Waals surface area contributed by atoms with Crippen LogP contribution in [-0.2, 0) is 25.9 Å². The molecule has 3 aliphatic rings. The number of hydrogen-bond acceptors (Lipinski definition) is 9. The maximum Gasteiger partial charge on any atom is 0.270 e. The summed E-state index contributed by atoms with van der Waals surface area (Å²) < 4.78 is 31.5. The van der Waals surface area contributed by atoms with E-state index < -0.39 is 15.9 Å². The predicted molar refractivity (Wildman–Crippen MR) is 140 cm³/mol. The van der Waals surface area contributed by atoms with Crippen molar-refractivity contribution in [2.24, 2.45) is 0 Å². The van der Waals surface area contributed by atoms with E-state index in [0.29, 0.717) is 65.4 Å². The van der Waals surface area contributed by atoms with Crippen molar-refractivity contribution in [1.82, 2.24) is 9.47 Å². The standard InChI is InChI=1S/C23H28N4O5S3/c1-3-4-6-26-20(25-7-9-32-10-8-25)17(15(2)18(13-24)21(26)28)12-19-22(29)27(23(33)34-19)16-5-11-35(30,31)14-16/h12,16H,3-11,14H2,1-2H3. The molecule has 0 aliphatic carbocycles. The van der Waals surface area contributed by atoms with Crippen LogP contribution >= 0.6 is 24.0 Å². The maximum absolute atomic E-state index is 13.4. The normalized spacial score (nSPS) is 23.3. The van der Waals surface area contributed by atoms with Crippen LogP contribution < -0.4 is 10.5 Å². The number of thioether (sulfide) groups is 1. The van der Waals surface area contributed by atoms with Crippen molar-refractivity contribution in [1.29, 1.82) is 5.26 Å². The molecule has 1 atom stereocenters. The van der Waals surface area contributed by atoms with Crippen LogP contribution in [0.1, 0.15) is 42.9 Å². The van der Waals surface area contributed by atoms with Crippen molar-refractivity contribution in [2.75, 3.05) is 42.7 Å². The Bertz CT molecular complexity index is 1290. The first-order valence-corrected chi connectivity index (χ1v) is 14.7. The van der Waals surface area contributed by atoms with Crippen LogP contribution in [0.25, 0.3) is 6.08 Å². The minimum Gasteiger partial charge on any atom is -0.378 e. The zero-order valence-corrected chi connectivity index (χ0v) is 22.2. The van der Waals surface area contributed by atoms with Gasteiger partial charge in [0.1, 0.15) is 21.8 Å². The van der Waals surface area contributed by atoms with Crippen LogP contribution in [0, 0.1) is 18.3 Å². The molecule has 3 fully saturated rings. The van der Waals surface area contributed by atoms with Crippen LogP contribution in [-0.4, -0.2) is 72.0 Å². The molecular formula is C23H28N4O5S3. The van der Waals surface area contributed by atoms with E-state index >= 15 is 0 Å². The number of nitrogens with zero attached hydrogens (tertiary/aromatic N) is 4. The smallest absolute Gasteiger partial charge is 0.270 e. The SMILES string of the molecule is CCCCn1c(N2CCOCC2)c(C=C2SC(=S)N(C3CCS(=O)(=O)C3)C2=O)c(C)c(C#N)c1=O. The predicted octanol–water partition coefficient (Wildman–Crippen LogP) is 2.05. The van der Waals surface area contributed by atoms with Crippen molar-refractivity contribution in [3.05, 3.63) is 31.9 Å². The zero-order valence-electron chi connectivity index (χ0n) is 19.8. The third-order valence-electron chi connectivity index (χ3n) is 6.56. The summed E-state index contributed by atoms with van der Waals surface area (Å²) in [6, 6.07) is 1.59. The molecule has 12 heteroatoms. The molecule has 0 saturated carbocycles. The molecule has 4 rings (SSSR count). The first kappa shape index (κ1) is 25.9. The number of morpholine rings is 1. The Morgan fingerprint density at radius 3 is 2.60 bits per heavy atom. The quantitative estimate of drug-likeness (QED) is 0.398. The minimum absolute atomic E-state index is 0.0436. The van der Waals surface area contributed by atoms with Crippen molar-refractivity contribution in [3.8, 4) is 6.07 Å². The lowest BCUT2D eigenvalue weighted by molar-refractivity contribution is -0.123. The molecule has 1 aromatic heterocycles. The Morgan fingerprint density at radius 2 is 2.00 bits per heavy atom. The summed E-state index contributed by atoms with van der Waals surface area (Å²) in [5, 5.41) is 9.79. The van der Waals surface area contributed by atoms with Gasteiger partial charge in [0.05, 0.1) is 35.7 Å². The van der Waals surface area contributed by atoms with Crippen LogP contribution in [0.2, 0.25) is 0 Å². The Kier molecular flexibility index (Phi) is 7.71. The molecule has 3 saturated heterocycles. The summed E-state index contributed by atoms with van der Waals surface area (Å²) in [7, 11) is -3.19. The van der Waals surface area contributed by atoms with E-state index in [-0.39, 0.29) is 28.5 Å². The average Bonchev–Trinajstić information content (AvgIpc) is 3.32. The Hall–Kier alpha value is -2.20. The number of hydrogen-bond donors (Lipinski definition) is 0. The summed E-state index contributed by atoms with van der Waals surface area (Å²) in [5.74, 6) is 0.295. The Labute approximate surface area is 214 Å². The van der Waals surface area contributed by atoms with Gasteiger partial charge in [-0.1, -0.05) is 37.3 Å². The van der Waals surface area contributed by atoms with Gasteiger partial charge in [0, 0.05) is 25.2 Å². The highest BCUT2D eigenvalue weighted by atomic mass is 32.2. The third kappa shape index (κ3) is 5.05. The van der Waals surface area contributed by atoms with Crippen molar-refractivity contribution >= 4 is 55.9 Å². The summed E-state index contributed by atoms with van der Waals surface area (Å²) in [6.07, 6.45) is 3.72. The third-order valence-corrected chi connectivity index (χ3v) is 9.65. The molecule has 188 valence electrons.